The SMILES string of the molecule is CC1(C)CC(N)CN1S(=O)(=O)c1ccc(Br)s1. The number of rotatable bonds is 2. The molecule has 1 aliphatic rings. The van der Waals surface area contributed by atoms with Gasteiger partial charge in [0.1, 0.15) is 4.21 Å². The molecule has 0 aliphatic carbocycles. The summed E-state index contributed by atoms with van der Waals surface area (Å²) < 4.78 is 27.6. The van der Waals surface area contributed by atoms with Crippen LogP contribution >= 0.6 is 27.3 Å². The molecule has 0 aromatic carbocycles. The summed E-state index contributed by atoms with van der Waals surface area (Å²) in [5.74, 6) is 0. The lowest BCUT2D eigenvalue weighted by Crippen LogP contribution is -2.42. The molecule has 1 atom stereocenters. The van der Waals surface area contributed by atoms with Crippen molar-refractivity contribution in [1.82, 2.24) is 4.31 Å². The predicted octanol–water partition coefficient (Wildman–Crippen LogP) is 2.01. The van der Waals surface area contributed by atoms with Crippen LogP contribution in [0.15, 0.2) is 20.1 Å². The van der Waals surface area contributed by atoms with Crippen molar-refractivity contribution in [3.05, 3.63) is 15.9 Å². The van der Waals surface area contributed by atoms with E-state index in [0.29, 0.717) is 17.2 Å². The topological polar surface area (TPSA) is 63.4 Å². The Morgan fingerprint density at radius 3 is 2.59 bits per heavy atom. The minimum atomic E-state index is -3.42. The van der Waals surface area contributed by atoms with E-state index in [4.69, 9.17) is 5.73 Å². The molecule has 1 aromatic rings. The van der Waals surface area contributed by atoms with Crippen molar-refractivity contribution in [2.24, 2.45) is 5.73 Å². The third-order valence-electron chi connectivity index (χ3n) is 2.93. The zero-order valence-electron chi connectivity index (χ0n) is 9.68. The van der Waals surface area contributed by atoms with Gasteiger partial charge in [0.2, 0.25) is 0 Å². The van der Waals surface area contributed by atoms with Crippen LogP contribution in [0.4, 0.5) is 0 Å². The Kier molecular flexibility index (Phi) is 3.42. The lowest BCUT2D eigenvalue weighted by atomic mass is 10.0. The highest BCUT2D eigenvalue weighted by Gasteiger charge is 2.44. The van der Waals surface area contributed by atoms with Crippen LogP contribution in [0, 0.1) is 0 Å². The molecular weight excluding hydrogens is 324 g/mol. The molecule has 4 nitrogen and oxygen atoms in total. The van der Waals surface area contributed by atoms with Crippen LogP contribution in [-0.4, -0.2) is 30.8 Å². The van der Waals surface area contributed by atoms with E-state index in [1.165, 1.54) is 15.6 Å². The summed E-state index contributed by atoms with van der Waals surface area (Å²) in [5, 5.41) is 0. The number of thiophene rings is 1. The lowest BCUT2D eigenvalue weighted by molar-refractivity contribution is 0.292. The number of hydrogen-bond donors (Lipinski definition) is 1. The Morgan fingerprint density at radius 2 is 2.18 bits per heavy atom. The van der Waals surface area contributed by atoms with Crippen LogP contribution in [0.2, 0.25) is 0 Å². The first-order valence-corrected chi connectivity index (χ1v) is 8.32. The minimum Gasteiger partial charge on any atom is -0.326 e. The van der Waals surface area contributed by atoms with E-state index in [-0.39, 0.29) is 6.04 Å². The minimum absolute atomic E-state index is 0.0804. The van der Waals surface area contributed by atoms with Gasteiger partial charge in [0, 0.05) is 18.1 Å². The van der Waals surface area contributed by atoms with Crippen molar-refractivity contribution in [3.63, 3.8) is 0 Å². The van der Waals surface area contributed by atoms with Gasteiger partial charge < -0.3 is 5.73 Å². The quantitative estimate of drug-likeness (QED) is 0.897. The molecule has 1 aliphatic heterocycles. The first kappa shape index (κ1) is 13.5. The number of nitrogens with two attached hydrogens (primary N) is 1. The van der Waals surface area contributed by atoms with Crippen LogP contribution in [0.3, 0.4) is 0 Å². The summed E-state index contributed by atoms with van der Waals surface area (Å²) in [5.41, 5.74) is 5.46. The fraction of sp³-hybridized carbons (Fsp3) is 0.600. The van der Waals surface area contributed by atoms with Gasteiger partial charge in [-0.1, -0.05) is 0 Å². The van der Waals surface area contributed by atoms with Gasteiger partial charge in [0.05, 0.1) is 3.79 Å². The van der Waals surface area contributed by atoms with E-state index in [1.54, 1.807) is 12.1 Å². The van der Waals surface area contributed by atoms with Gasteiger partial charge in [0.15, 0.2) is 0 Å². The maximum absolute atomic E-state index is 12.5. The summed E-state index contributed by atoms with van der Waals surface area (Å²) in [6.07, 6.45) is 0.693. The third kappa shape index (κ3) is 2.44. The van der Waals surface area contributed by atoms with E-state index in [2.05, 4.69) is 15.9 Å². The number of halogens is 1. The third-order valence-corrected chi connectivity index (χ3v) is 7.10. The van der Waals surface area contributed by atoms with Crippen molar-refractivity contribution < 1.29 is 8.42 Å². The first-order chi connectivity index (χ1) is 7.73. The van der Waals surface area contributed by atoms with Gasteiger partial charge in [-0.05, 0) is 48.3 Å². The van der Waals surface area contributed by atoms with Crippen molar-refractivity contribution in [3.8, 4) is 0 Å². The maximum atomic E-state index is 12.5. The average Bonchev–Trinajstić information content (AvgIpc) is 2.70. The highest BCUT2D eigenvalue weighted by atomic mass is 79.9. The van der Waals surface area contributed by atoms with Gasteiger partial charge in [-0.3, -0.25) is 0 Å². The molecule has 0 radical (unpaired) electrons. The summed E-state index contributed by atoms with van der Waals surface area (Å²) in [6.45, 7) is 4.23. The standard InChI is InChI=1S/C10H15BrN2O2S2/c1-10(2)5-7(12)6-13(10)17(14,15)9-4-3-8(11)16-9/h3-4,7H,5-6,12H2,1-2H3. The van der Waals surface area contributed by atoms with Crippen LogP contribution in [0.1, 0.15) is 20.3 Å². The van der Waals surface area contributed by atoms with Crippen LogP contribution < -0.4 is 5.73 Å². The largest absolute Gasteiger partial charge is 0.326 e. The van der Waals surface area contributed by atoms with E-state index >= 15 is 0 Å². The fourth-order valence-corrected chi connectivity index (χ4v) is 6.21. The number of nitrogens with zero attached hydrogens (tertiary/aromatic N) is 1. The van der Waals surface area contributed by atoms with E-state index in [9.17, 15) is 8.42 Å². The van der Waals surface area contributed by atoms with Gasteiger partial charge in [-0.15, -0.1) is 11.3 Å². The zero-order valence-corrected chi connectivity index (χ0v) is 12.9. The molecule has 7 heteroatoms. The molecule has 0 bridgehead atoms. The molecular formula is C10H15BrN2O2S2. The van der Waals surface area contributed by atoms with Crippen LogP contribution in [0.5, 0.6) is 0 Å². The molecule has 2 heterocycles. The highest BCUT2D eigenvalue weighted by molar-refractivity contribution is 9.11. The Morgan fingerprint density at radius 1 is 1.53 bits per heavy atom. The monoisotopic (exact) mass is 338 g/mol. The van der Waals surface area contributed by atoms with Crippen LogP contribution in [-0.2, 0) is 10.0 Å². The Bertz CT molecular complexity index is 524. The summed E-state index contributed by atoms with van der Waals surface area (Å²) >= 11 is 4.51. The molecule has 0 spiro atoms. The normalized spacial score (nSPS) is 25.3. The van der Waals surface area contributed by atoms with Crippen molar-refractivity contribution in [2.45, 2.75) is 36.1 Å². The smallest absolute Gasteiger partial charge is 0.253 e. The fourth-order valence-electron chi connectivity index (χ4n) is 2.24. The van der Waals surface area contributed by atoms with Gasteiger partial charge >= 0.3 is 0 Å². The zero-order chi connectivity index (χ0) is 12.8. The van der Waals surface area contributed by atoms with Crippen molar-refractivity contribution >= 4 is 37.3 Å². The van der Waals surface area contributed by atoms with Gasteiger partial charge in [0.25, 0.3) is 10.0 Å². The summed E-state index contributed by atoms with van der Waals surface area (Å²) in [7, 11) is -3.42. The van der Waals surface area contributed by atoms with E-state index < -0.39 is 15.6 Å². The van der Waals surface area contributed by atoms with Crippen LogP contribution in [0.25, 0.3) is 0 Å². The predicted molar refractivity (Wildman–Crippen MR) is 72.6 cm³/mol. The molecule has 1 aromatic heterocycles. The maximum Gasteiger partial charge on any atom is 0.253 e. The molecule has 17 heavy (non-hydrogen) atoms. The Labute approximate surface area is 114 Å². The van der Waals surface area contributed by atoms with Gasteiger partial charge in [-0.25, -0.2) is 8.42 Å². The van der Waals surface area contributed by atoms with Crippen molar-refractivity contribution in [2.75, 3.05) is 6.54 Å². The molecule has 0 saturated carbocycles. The Balaban J connectivity index is 2.40. The second kappa shape index (κ2) is 4.31. The Hall–Kier alpha value is 0.0500. The molecule has 96 valence electrons. The van der Waals surface area contributed by atoms with E-state index in [0.717, 1.165) is 3.79 Å². The highest BCUT2D eigenvalue weighted by Crippen LogP contribution is 2.36. The van der Waals surface area contributed by atoms with Gasteiger partial charge in [-0.2, -0.15) is 4.31 Å². The summed E-state index contributed by atoms with van der Waals surface area (Å²) in [6, 6.07) is 3.30. The second-order valence-corrected chi connectivity index (χ2v) is 9.42. The molecule has 1 saturated heterocycles. The molecule has 2 N–H and O–H groups in total. The van der Waals surface area contributed by atoms with E-state index in [1.807, 2.05) is 13.8 Å². The molecule has 2 rings (SSSR count). The number of hydrogen-bond acceptors (Lipinski definition) is 4. The number of sulfonamides is 1. The molecule has 0 amide bonds. The van der Waals surface area contributed by atoms with Crippen molar-refractivity contribution in [1.29, 1.82) is 0 Å². The first-order valence-electron chi connectivity index (χ1n) is 5.27. The molecule has 1 unspecified atom stereocenters. The average molecular weight is 339 g/mol. The lowest BCUT2D eigenvalue weighted by Gasteiger charge is -2.29. The second-order valence-electron chi connectivity index (χ2n) is 4.87. The summed E-state index contributed by atoms with van der Waals surface area (Å²) in [4.78, 5) is 0. The molecule has 1 fully saturated rings.